The number of nitrogens with two attached hydrogens (primary N) is 2. The highest BCUT2D eigenvalue weighted by atomic mass is 35.5. The molecule has 0 unspecified atom stereocenters. The van der Waals surface area contributed by atoms with Crippen LogP contribution in [-0.4, -0.2) is 15.0 Å². The molecule has 0 saturated carbocycles. The number of rotatable bonds is 1. The molecule has 2 aromatic heterocycles. The van der Waals surface area contributed by atoms with E-state index >= 15 is 0 Å². The van der Waals surface area contributed by atoms with Crippen LogP contribution in [0.2, 0.25) is 5.02 Å². The van der Waals surface area contributed by atoms with Crippen molar-refractivity contribution < 1.29 is 0 Å². The summed E-state index contributed by atoms with van der Waals surface area (Å²) in [6, 6.07) is 7.47. The van der Waals surface area contributed by atoms with Crippen LogP contribution < -0.4 is 11.5 Å². The van der Waals surface area contributed by atoms with Crippen molar-refractivity contribution in [3.63, 3.8) is 0 Å². The Morgan fingerprint density at radius 2 is 1.84 bits per heavy atom. The van der Waals surface area contributed by atoms with Crippen LogP contribution in [0.3, 0.4) is 0 Å². The zero-order valence-electron chi connectivity index (χ0n) is 9.84. The summed E-state index contributed by atoms with van der Waals surface area (Å²) in [6.45, 7) is 0. The Bertz CT molecular complexity index is 772. The van der Waals surface area contributed by atoms with Crippen LogP contribution in [0, 0.1) is 0 Å². The molecule has 0 radical (unpaired) electrons. The minimum atomic E-state index is 0.157. The number of aromatic nitrogens is 3. The Labute approximate surface area is 114 Å². The fourth-order valence-corrected chi connectivity index (χ4v) is 2.10. The second-order valence-corrected chi connectivity index (χ2v) is 4.49. The molecular formula is C13H10ClN5. The highest BCUT2D eigenvalue weighted by Gasteiger charge is 2.11. The molecule has 3 rings (SSSR count). The Morgan fingerprint density at radius 1 is 1.00 bits per heavy atom. The van der Waals surface area contributed by atoms with Gasteiger partial charge in [0.05, 0.1) is 17.6 Å². The second kappa shape index (κ2) is 4.37. The van der Waals surface area contributed by atoms with Crippen LogP contribution in [0.4, 0.5) is 11.6 Å². The molecule has 0 aliphatic rings. The van der Waals surface area contributed by atoms with Gasteiger partial charge in [0, 0.05) is 16.6 Å². The fraction of sp³-hybridized carbons (Fsp3) is 0. The molecule has 1 aromatic carbocycles. The average molecular weight is 272 g/mol. The third-order valence-corrected chi connectivity index (χ3v) is 3.02. The Balaban J connectivity index is 2.36. The largest absolute Gasteiger partial charge is 0.396 e. The van der Waals surface area contributed by atoms with E-state index in [0.29, 0.717) is 22.1 Å². The van der Waals surface area contributed by atoms with Crippen molar-refractivity contribution in [3.8, 4) is 11.4 Å². The monoisotopic (exact) mass is 271 g/mol. The molecule has 4 N–H and O–H groups in total. The molecule has 6 heteroatoms. The van der Waals surface area contributed by atoms with Crippen molar-refractivity contribution in [2.75, 3.05) is 11.5 Å². The van der Waals surface area contributed by atoms with Crippen LogP contribution in [-0.2, 0) is 0 Å². The lowest BCUT2D eigenvalue weighted by Gasteiger charge is -2.08. The van der Waals surface area contributed by atoms with E-state index in [9.17, 15) is 0 Å². The van der Waals surface area contributed by atoms with Crippen LogP contribution in [0.15, 0.2) is 36.7 Å². The number of fused-ring (bicyclic) bond motifs is 1. The molecule has 5 nitrogen and oxygen atoms in total. The van der Waals surface area contributed by atoms with E-state index in [1.54, 1.807) is 6.20 Å². The van der Waals surface area contributed by atoms with E-state index in [0.717, 1.165) is 10.8 Å². The van der Waals surface area contributed by atoms with E-state index in [1.807, 2.05) is 24.3 Å². The lowest BCUT2D eigenvalue weighted by molar-refractivity contribution is 1.18. The molecule has 0 atom stereocenters. The summed E-state index contributed by atoms with van der Waals surface area (Å²) in [4.78, 5) is 12.3. The summed E-state index contributed by atoms with van der Waals surface area (Å²) in [7, 11) is 0. The van der Waals surface area contributed by atoms with Crippen molar-refractivity contribution in [2.45, 2.75) is 0 Å². The molecule has 19 heavy (non-hydrogen) atoms. The van der Waals surface area contributed by atoms with E-state index in [-0.39, 0.29) is 5.95 Å². The minimum absolute atomic E-state index is 0.157. The second-order valence-electron chi connectivity index (χ2n) is 4.06. The van der Waals surface area contributed by atoms with Crippen LogP contribution in [0.1, 0.15) is 0 Å². The van der Waals surface area contributed by atoms with Gasteiger partial charge in [-0.3, -0.25) is 4.98 Å². The first-order valence-electron chi connectivity index (χ1n) is 5.58. The molecule has 94 valence electrons. The van der Waals surface area contributed by atoms with Gasteiger partial charge in [-0.25, -0.2) is 9.97 Å². The molecule has 0 bridgehead atoms. The molecule has 3 aromatic rings. The van der Waals surface area contributed by atoms with Crippen LogP contribution in [0.5, 0.6) is 0 Å². The number of halogens is 1. The minimum Gasteiger partial charge on any atom is -0.396 e. The summed E-state index contributed by atoms with van der Waals surface area (Å²) < 4.78 is 0. The van der Waals surface area contributed by atoms with Gasteiger partial charge in [-0.1, -0.05) is 17.7 Å². The summed E-state index contributed by atoms with van der Waals surface area (Å²) in [5.41, 5.74) is 13.1. The van der Waals surface area contributed by atoms with Crippen LogP contribution in [0.25, 0.3) is 22.2 Å². The molecule has 0 aliphatic heterocycles. The Kier molecular flexibility index (Phi) is 2.68. The van der Waals surface area contributed by atoms with Crippen LogP contribution >= 0.6 is 11.6 Å². The Morgan fingerprint density at radius 3 is 2.68 bits per heavy atom. The number of anilines is 2. The molecule has 0 saturated heterocycles. The molecule has 0 spiro atoms. The van der Waals surface area contributed by atoms with Gasteiger partial charge in [-0.2, -0.15) is 0 Å². The first-order valence-corrected chi connectivity index (χ1v) is 5.95. The van der Waals surface area contributed by atoms with Gasteiger partial charge in [0.15, 0.2) is 0 Å². The van der Waals surface area contributed by atoms with E-state index in [1.165, 1.54) is 6.20 Å². The van der Waals surface area contributed by atoms with Crippen molar-refractivity contribution >= 4 is 34.0 Å². The van der Waals surface area contributed by atoms with Crippen molar-refractivity contribution in [1.82, 2.24) is 15.0 Å². The summed E-state index contributed by atoms with van der Waals surface area (Å²) in [5, 5.41) is 2.51. The first kappa shape index (κ1) is 11.7. The number of benzene rings is 1. The normalized spacial score (nSPS) is 10.8. The molecule has 0 amide bonds. The van der Waals surface area contributed by atoms with E-state index < -0.39 is 0 Å². The molecule has 2 heterocycles. The maximum absolute atomic E-state index is 6.03. The molecule has 0 aliphatic carbocycles. The zero-order chi connectivity index (χ0) is 13.4. The van der Waals surface area contributed by atoms with Gasteiger partial charge in [-0.05, 0) is 23.6 Å². The Hall–Kier alpha value is -2.40. The van der Waals surface area contributed by atoms with Gasteiger partial charge in [0.2, 0.25) is 5.95 Å². The van der Waals surface area contributed by atoms with Gasteiger partial charge in [0.25, 0.3) is 0 Å². The number of nitrogens with zero attached hydrogens (tertiary/aromatic N) is 3. The predicted octanol–water partition coefficient (Wildman–Crippen LogP) is 2.51. The summed E-state index contributed by atoms with van der Waals surface area (Å²) in [5.74, 6) is 0.157. The maximum Gasteiger partial charge on any atom is 0.220 e. The standard InChI is InChI=1S/C13H10ClN5/c14-8-2-1-7-3-4-17-11(9(7)5-8)12-10(15)6-18-13(16)19-12/h1-6H,15H2,(H2,16,18,19). The summed E-state index contributed by atoms with van der Waals surface area (Å²) in [6.07, 6.45) is 3.17. The van der Waals surface area contributed by atoms with E-state index in [2.05, 4.69) is 15.0 Å². The molecule has 0 fully saturated rings. The lowest BCUT2D eigenvalue weighted by Crippen LogP contribution is -2.01. The van der Waals surface area contributed by atoms with E-state index in [4.69, 9.17) is 23.1 Å². The third kappa shape index (κ3) is 2.04. The topological polar surface area (TPSA) is 90.7 Å². The van der Waals surface area contributed by atoms with Crippen molar-refractivity contribution in [1.29, 1.82) is 0 Å². The van der Waals surface area contributed by atoms with Gasteiger partial charge < -0.3 is 11.5 Å². The van der Waals surface area contributed by atoms with Gasteiger partial charge >= 0.3 is 0 Å². The zero-order valence-corrected chi connectivity index (χ0v) is 10.6. The summed E-state index contributed by atoms with van der Waals surface area (Å²) >= 11 is 6.03. The third-order valence-electron chi connectivity index (χ3n) is 2.79. The quantitative estimate of drug-likeness (QED) is 0.710. The fourth-order valence-electron chi connectivity index (χ4n) is 1.92. The van der Waals surface area contributed by atoms with Gasteiger partial charge in [-0.15, -0.1) is 0 Å². The SMILES string of the molecule is Nc1ncc(N)c(-c2nccc3ccc(Cl)cc23)n1. The van der Waals surface area contributed by atoms with Gasteiger partial charge in [0.1, 0.15) is 5.69 Å². The average Bonchev–Trinajstić information content (AvgIpc) is 2.41. The van der Waals surface area contributed by atoms with Crippen molar-refractivity contribution in [2.24, 2.45) is 0 Å². The number of hydrogen-bond acceptors (Lipinski definition) is 5. The highest BCUT2D eigenvalue weighted by Crippen LogP contribution is 2.30. The molecular weight excluding hydrogens is 262 g/mol. The number of pyridine rings is 1. The first-order chi connectivity index (χ1) is 9.15. The predicted molar refractivity (Wildman–Crippen MR) is 76.6 cm³/mol. The number of hydrogen-bond donors (Lipinski definition) is 2. The lowest BCUT2D eigenvalue weighted by atomic mass is 10.1. The van der Waals surface area contributed by atoms with Crippen molar-refractivity contribution in [3.05, 3.63) is 41.7 Å². The highest BCUT2D eigenvalue weighted by molar-refractivity contribution is 6.31. The smallest absolute Gasteiger partial charge is 0.220 e. The maximum atomic E-state index is 6.03. The number of nitrogen functional groups attached to an aromatic ring is 2.